The van der Waals surface area contributed by atoms with Crippen LogP contribution in [0.3, 0.4) is 0 Å². The number of allylic oxidation sites excluding steroid dienone is 6. The number of aryl methyl sites for hydroxylation is 1. The summed E-state index contributed by atoms with van der Waals surface area (Å²) in [5.41, 5.74) is 10.2. The van der Waals surface area contributed by atoms with E-state index in [1.54, 1.807) is 0 Å². The molecule has 0 saturated heterocycles. The fourth-order valence-corrected chi connectivity index (χ4v) is 6.19. The Kier molecular flexibility index (Phi) is 5.51. The van der Waals surface area contributed by atoms with Gasteiger partial charge in [0.2, 0.25) is 5.79 Å². The van der Waals surface area contributed by atoms with Crippen LogP contribution < -0.4 is 5.32 Å². The topological polar surface area (TPSA) is 29.3 Å². The molecule has 3 heteroatoms. The fourth-order valence-electron chi connectivity index (χ4n) is 6.19. The van der Waals surface area contributed by atoms with E-state index in [9.17, 15) is 0 Å². The van der Waals surface area contributed by atoms with Crippen LogP contribution in [0.4, 0.5) is 0 Å². The van der Waals surface area contributed by atoms with Crippen LogP contribution in [0, 0.1) is 5.92 Å². The number of benzene rings is 3. The minimum atomic E-state index is -0.592. The number of hydrogen-bond acceptors (Lipinski definition) is 2. The highest BCUT2D eigenvalue weighted by Crippen LogP contribution is 2.37. The molecule has 3 nitrogen and oxygen atoms in total. The van der Waals surface area contributed by atoms with E-state index in [4.69, 9.17) is 4.99 Å². The lowest BCUT2D eigenvalue weighted by Gasteiger charge is -2.35. The first-order valence-electron chi connectivity index (χ1n) is 13.6. The van der Waals surface area contributed by atoms with Gasteiger partial charge in [0.1, 0.15) is 0 Å². The van der Waals surface area contributed by atoms with Crippen LogP contribution >= 0.6 is 0 Å². The minimum Gasteiger partial charge on any atom is -0.350 e. The number of nitrogens with one attached hydrogen (secondary N) is 1. The molecule has 4 aromatic rings. The largest absolute Gasteiger partial charge is 0.350 e. The first kappa shape index (κ1) is 22.8. The molecule has 2 atom stereocenters. The quantitative estimate of drug-likeness (QED) is 0.306. The molecule has 1 aromatic heterocycles. The lowest BCUT2D eigenvalue weighted by atomic mass is 9.86. The van der Waals surface area contributed by atoms with Gasteiger partial charge in [-0.1, -0.05) is 97.1 Å². The zero-order chi connectivity index (χ0) is 25.5. The van der Waals surface area contributed by atoms with Crippen molar-refractivity contribution in [1.82, 2.24) is 9.88 Å². The van der Waals surface area contributed by atoms with Gasteiger partial charge < -0.3 is 5.32 Å². The average Bonchev–Trinajstić information content (AvgIpc) is 3.33. The molecule has 1 N–H and O–H groups in total. The number of aromatic nitrogens is 1. The van der Waals surface area contributed by atoms with Crippen molar-refractivity contribution in [1.29, 1.82) is 0 Å². The summed E-state index contributed by atoms with van der Waals surface area (Å²) in [6, 6.07) is 28.3. The third-order valence-electron chi connectivity index (χ3n) is 8.07. The SMILES string of the molecule is CC1(n2c3c(c4ccccc42)CCC=C3)N=C(C2C=CC=C(c3ccc(-c4ccccc4)cc3)C2)C=CN1. The first-order valence-corrected chi connectivity index (χ1v) is 13.6. The molecular formula is C35H31N3. The van der Waals surface area contributed by atoms with Crippen molar-refractivity contribution < 1.29 is 0 Å². The summed E-state index contributed by atoms with van der Waals surface area (Å²) >= 11 is 0. The molecule has 2 unspecified atom stereocenters. The van der Waals surface area contributed by atoms with Crippen molar-refractivity contribution >= 4 is 28.3 Å². The van der Waals surface area contributed by atoms with Gasteiger partial charge in [0, 0.05) is 28.9 Å². The van der Waals surface area contributed by atoms with Crippen LogP contribution in [0.5, 0.6) is 0 Å². The van der Waals surface area contributed by atoms with Crippen molar-refractivity contribution in [3.63, 3.8) is 0 Å². The molecule has 3 aliphatic rings. The Labute approximate surface area is 224 Å². The molecule has 186 valence electrons. The summed E-state index contributed by atoms with van der Waals surface area (Å²) in [6.07, 6.45) is 18.6. The molecule has 0 amide bonds. The third-order valence-corrected chi connectivity index (χ3v) is 8.07. The Morgan fingerprint density at radius 3 is 2.50 bits per heavy atom. The molecule has 3 aromatic carbocycles. The predicted octanol–water partition coefficient (Wildman–Crippen LogP) is 8.12. The van der Waals surface area contributed by atoms with Crippen molar-refractivity contribution in [2.75, 3.05) is 0 Å². The molecule has 0 spiro atoms. The summed E-state index contributed by atoms with van der Waals surface area (Å²) in [4.78, 5) is 5.39. The van der Waals surface area contributed by atoms with Gasteiger partial charge >= 0.3 is 0 Å². The zero-order valence-corrected chi connectivity index (χ0v) is 21.6. The van der Waals surface area contributed by atoms with Crippen LogP contribution in [0.2, 0.25) is 0 Å². The molecule has 0 bridgehead atoms. The van der Waals surface area contributed by atoms with E-state index in [0.29, 0.717) is 0 Å². The number of para-hydroxylation sites is 1. The van der Waals surface area contributed by atoms with E-state index >= 15 is 0 Å². The fraction of sp³-hybridized carbons (Fsp3) is 0.171. The lowest BCUT2D eigenvalue weighted by molar-refractivity contribution is 0.295. The third kappa shape index (κ3) is 3.86. The lowest BCUT2D eigenvalue weighted by Crippen LogP contribution is -2.44. The van der Waals surface area contributed by atoms with E-state index in [0.717, 1.165) is 25.0 Å². The number of nitrogens with zero attached hydrogens (tertiary/aromatic N) is 2. The summed E-state index contributed by atoms with van der Waals surface area (Å²) in [5.74, 6) is -0.361. The molecule has 38 heavy (non-hydrogen) atoms. The van der Waals surface area contributed by atoms with Gasteiger partial charge in [-0.25, -0.2) is 4.99 Å². The second kappa shape index (κ2) is 9.18. The maximum atomic E-state index is 5.39. The number of rotatable bonds is 4. The number of fused-ring (bicyclic) bond motifs is 3. The number of aliphatic imine (C=N–C) groups is 1. The van der Waals surface area contributed by atoms with Crippen LogP contribution in [0.1, 0.15) is 36.6 Å². The van der Waals surface area contributed by atoms with E-state index < -0.39 is 5.79 Å². The molecular weight excluding hydrogens is 462 g/mol. The second-order valence-corrected chi connectivity index (χ2v) is 10.5. The van der Waals surface area contributed by atoms with E-state index in [1.807, 2.05) is 0 Å². The van der Waals surface area contributed by atoms with Crippen LogP contribution in [0.25, 0.3) is 33.7 Å². The Balaban J connectivity index is 1.20. The first-order chi connectivity index (χ1) is 18.7. The van der Waals surface area contributed by atoms with Gasteiger partial charge in [0.05, 0.1) is 5.52 Å². The highest BCUT2D eigenvalue weighted by molar-refractivity contribution is 6.00. The Bertz CT molecular complexity index is 1660. The van der Waals surface area contributed by atoms with Gasteiger partial charge in [-0.2, -0.15) is 0 Å². The van der Waals surface area contributed by atoms with E-state index in [-0.39, 0.29) is 5.92 Å². The van der Waals surface area contributed by atoms with Gasteiger partial charge in [-0.15, -0.1) is 0 Å². The van der Waals surface area contributed by atoms with Crippen molar-refractivity contribution in [2.24, 2.45) is 10.9 Å². The predicted molar refractivity (Wildman–Crippen MR) is 160 cm³/mol. The van der Waals surface area contributed by atoms with Crippen LogP contribution in [-0.2, 0) is 12.2 Å². The summed E-state index contributed by atoms with van der Waals surface area (Å²) < 4.78 is 2.39. The van der Waals surface area contributed by atoms with Crippen molar-refractivity contribution in [3.05, 3.63) is 132 Å². The average molecular weight is 494 g/mol. The maximum absolute atomic E-state index is 5.39. The smallest absolute Gasteiger partial charge is 0.208 e. The molecule has 2 aliphatic carbocycles. The standard InChI is InChI=1S/C35H31N3/c1-35(38-33-16-7-5-14-30(33)31-15-6-8-17-34(31)38)36-23-22-32(37-35)29-13-9-12-28(24-29)27-20-18-26(19-21-27)25-10-3-2-4-11-25/h2-5,7-14,16-23,29,36H,6,15,24H2,1H3. The number of hydrogen-bond donors (Lipinski definition) is 1. The molecule has 2 heterocycles. The highest BCUT2D eigenvalue weighted by Gasteiger charge is 2.33. The van der Waals surface area contributed by atoms with E-state index in [1.165, 1.54) is 44.4 Å². The summed E-state index contributed by atoms with van der Waals surface area (Å²) in [7, 11) is 0. The van der Waals surface area contributed by atoms with Crippen molar-refractivity contribution in [2.45, 2.75) is 32.0 Å². The molecule has 1 aliphatic heterocycles. The molecule has 0 fully saturated rings. The molecule has 0 saturated carbocycles. The van der Waals surface area contributed by atoms with E-state index in [2.05, 4.69) is 138 Å². The summed E-state index contributed by atoms with van der Waals surface area (Å²) in [5, 5.41) is 4.93. The zero-order valence-electron chi connectivity index (χ0n) is 21.6. The molecule has 7 rings (SSSR count). The summed E-state index contributed by atoms with van der Waals surface area (Å²) in [6.45, 7) is 2.19. The monoisotopic (exact) mass is 493 g/mol. The Morgan fingerprint density at radius 1 is 0.868 bits per heavy atom. The highest BCUT2D eigenvalue weighted by atomic mass is 15.4. The van der Waals surface area contributed by atoms with Crippen molar-refractivity contribution in [3.8, 4) is 11.1 Å². The van der Waals surface area contributed by atoms with Gasteiger partial charge in [-0.3, -0.25) is 4.57 Å². The normalized spacial score (nSPS) is 22.1. The minimum absolute atomic E-state index is 0.231. The maximum Gasteiger partial charge on any atom is 0.208 e. The second-order valence-electron chi connectivity index (χ2n) is 10.5. The van der Waals surface area contributed by atoms with Crippen LogP contribution in [-0.4, -0.2) is 10.3 Å². The van der Waals surface area contributed by atoms with Crippen LogP contribution in [0.15, 0.2) is 120 Å². The van der Waals surface area contributed by atoms with Gasteiger partial charge in [0.15, 0.2) is 0 Å². The van der Waals surface area contributed by atoms with Gasteiger partial charge in [-0.05, 0) is 72.2 Å². The van der Waals surface area contributed by atoms with Gasteiger partial charge in [0.25, 0.3) is 0 Å². The Morgan fingerprint density at radius 2 is 1.63 bits per heavy atom. The Hall–Kier alpha value is -4.37. The molecule has 0 radical (unpaired) electrons.